The second kappa shape index (κ2) is 9.88. The SMILES string of the molecule is NCCCCCCC(=O)N1CCN(C(=O)CN2CCCC2)CC1. The van der Waals surface area contributed by atoms with Gasteiger partial charge in [0, 0.05) is 32.6 Å². The van der Waals surface area contributed by atoms with Gasteiger partial charge in [-0.15, -0.1) is 0 Å². The molecule has 132 valence electrons. The molecular weight excluding hydrogens is 292 g/mol. The van der Waals surface area contributed by atoms with Gasteiger partial charge in [0.25, 0.3) is 0 Å². The van der Waals surface area contributed by atoms with Crippen molar-refractivity contribution in [2.75, 3.05) is 52.4 Å². The van der Waals surface area contributed by atoms with E-state index in [4.69, 9.17) is 5.73 Å². The molecule has 2 N–H and O–H groups in total. The molecule has 0 aromatic rings. The average molecular weight is 324 g/mol. The van der Waals surface area contributed by atoms with Gasteiger partial charge in [0.15, 0.2) is 0 Å². The topological polar surface area (TPSA) is 69.9 Å². The van der Waals surface area contributed by atoms with Gasteiger partial charge in [-0.1, -0.05) is 12.8 Å². The van der Waals surface area contributed by atoms with Crippen molar-refractivity contribution in [1.82, 2.24) is 14.7 Å². The predicted octanol–water partition coefficient (Wildman–Crippen LogP) is 0.662. The van der Waals surface area contributed by atoms with Crippen molar-refractivity contribution in [2.45, 2.75) is 44.9 Å². The third kappa shape index (κ3) is 6.11. The minimum atomic E-state index is 0.223. The van der Waals surface area contributed by atoms with E-state index in [0.29, 0.717) is 39.1 Å². The fraction of sp³-hybridized carbons (Fsp3) is 0.882. The van der Waals surface area contributed by atoms with E-state index in [2.05, 4.69) is 4.90 Å². The molecule has 2 amide bonds. The number of unbranched alkanes of at least 4 members (excludes halogenated alkanes) is 3. The summed E-state index contributed by atoms with van der Waals surface area (Å²) in [6.45, 7) is 6.14. The normalized spacial score (nSPS) is 19.3. The molecule has 23 heavy (non-hydrogen) atoms. The number of hydrogen-bond donors (Lipinski definition) is 1. The molecule has 2 rings (SSSR count). The van der Waals surface area contributed by atoms with E-state index in [9.17, 15) is 9.59 Å². The van der Waals surface area contributed by atoms with Crippen molar-refractivity contribution >= 4 is 11.8 Å². The average Bonchev–Trinajstić information content (AvgIpc) is 3.07. The maximum absolute atomic E-state index is 12.3. The molecule has 6 nitrogen and oxygen atoms in total. The standard InChI is InChI=1S/C17H32N4O2/c18-8-4-2-1-3-7-16(22)20-11-13-21(14-12-20)17(23)15-19-9-5-6-10-19/h1-15,18H2. The third-order valence-corrected chi connectivity index (χ3v) is 4.89. The number of nitrogens with zero attached hydrogens (tertiary/aromatic N) is 3. The first-order valence-electron chi connectivity index (χ1n) is 9.18. The summed E-state index contributed by atoms with van der Waals surface area (Å²) in [5.74, 6) is 0.463. The van der Waals surface area contributed by atoms with Crippen LogP contribution in [0.25, 0.3) is 0 Å². The Balaban J connectivity index is 1.60. The van der Waals surface area contributed by atoms with E-state index in [1.165, 1.54) is 12.8 Å². The van der Waals surface area contributed by atoms with Crippen molar-refractivity contribution < 1.29 is 9.59 Å². The summed E-state index contributed by atoms with van der Waals surface area (Å²) >= 11 is 0. The van der Waals surface area contributed by atoms with Gasteiger partial charge in [0.2, 0.25) is 11.8 Å². The fourth-order valence-corrected chi connectivity index (χ4v) is 3.37. The molecule has 0 radical (unpaired) electrons. The molecule has 0 bridgehead atoms. The van der Waals surface area contributed by atoms with Crippen molar-refractivity contribution in [2.24, 2.45) is 5.73 Å². The largest absolute Gasteiger partial charge is 0.339 e. The molecule has 2 saturated heterocycles. The Morgan fingerprint density at radius 3 is 1.91 bits per heavy atom. The molecule has 0 saturated carbocycles. The van der Waals surface area contributed by atoms with Gasteiger partial charge in [-0.3, -0.25) is 14.5 Å². The number of carbonyl (C=O) groups excluding carboxylic acids is 2. The molecule has 0 spiro atoms. The molecule has 0 aromatic carbocycles. The number of amides is 2. The van der Waals surface area contributed by atoms with E-state index in [1.54, 1.807) is 0 Å². The van der Waals surface area contributed by atoms with Crippen LogP contribution in [0.5, 0.6) is 0 Å². The molecule has 2 fully saturated rings. The summed E-state index contributed by atoms with van der Waals surface area (Å²) in [6, 6.07) is 0. The highest BCUT2D eigenvalue weighted by molar-refractivity contribution is 5.79. The fourth-order valence-electron chi connectivity index (χ4n) is 3.37. The Bertz CT molecular complexity index is 375. The highest BCUT2D eigenvalue weighted by Crippen LogP contribution is 2.11. The molecular formula is C17H32N4O2. The number of piperazine rings is 1. The molecule has 2 aliphatic rings. The van der Waals surface area contributed by atoms with Crippen LogP contribution in [0.15, 0.2) is 0 Å². The minimum absolute atomic E-state index is 0.223. The predicted molar refractivity (Wildman–Crippen MR) is 91.0 cm³/mol. The Morgan fingerprint density at radius 2 is 1.30 bits per heavy atom. The van der Waals surface area contributed by atoms with Crippen LogP contribution in [0.2, 0.25) is 0 Å². The summed E-state index contributed by atoms with van der Waals surface area (Å²) < 4.78 is 0. The molecule has 6 heteroatoms. The van der Waals surface area contributed by atoms with E-state index < -0.39 is 0 Å². The Labute approximate surface area is 140 Å². The van der Waals surface area contributed by atoms with E-state index in [1.807, 2.05) is 9.80 Å². The van der Waals surface area contributed by atoms with Crippen LogP contribution in [-0.2, 0) is 9.59 Å². The minimum Gasteiger partial charge on any atom is -0.339 e. The summed E-state index contributed by atoms with van der Waals surface area (Å²) in [7, 11) is 0. The number of rotatable bonds is 8. The van der Waals surface area contributed by atoms with Crippen molar-refractivity contribution in [1.29, 1.82) is 0 Å². The first kappa shape index (κ1) is 18.2. The van der Waals surface area contributed by atoms with Crippen molar-refractivity contribution in [3.8, 4) is 0 Å². The lowest BCUT2D eigenvalue weighted by Gasteiger charge is -2.35. The van der Waals surface area contributed by atoms with Gasteiger partial charge in [0.1, 0.15) is 0 Å². The Morgan fingerprint density at radius 1 is 0.739 bits per heavy atom. The molecule has 2 aliphatic heterocycles. The van der Waals surface area contributed by atoms with Crippen LogP contribution >= 0.6 is 0 Å². The van der Waals surface area contributed by atoms with Gasteiger partial charge < -0.3 is 15.5 Å². The number of likely N-dealkylation sites (tertiary alicyclic amines) is 1. The highest BCUT2D eigenvalue weighted by atomic mass is 16.2. The number of nitrogens with two attached hydrogens (primary N) is 1. The molecule has 2 heterocycles. The summed E-state index contributed by atoms with van der Waals surface area (Å²) in [5.41, 5.74) is 5.47. The van der Waals surface area contributed by atoms with Crippen LogP contribution in [0, 0.1) is 0 Å². The zero-order chi connectivity index (χ0) is 16.5. The van der Waals surface area contributed by atoms with E-state index >= 15 is 0 Å². The van der Waals surface area contributed by atoms with E-state index in [0.717, 1.165) is 45.3 Å². The van der Waals surface area contributed by atoms with E-state index in [-0.39, 0.29) is 11.8 Å². The lowest BCUT2D eigenvalue weighted by molar-refractivity contribution is -0.140. The van der Waals surface area contributed by atoms with Gasteiger partial charge in [-0.25, -0.2) is 0 Å². The summed E-state index contributed by atoms with van der Waals surface area (Å²) in [5, 5.41) is 0. The smallest absolute Gasteiger partial charge is 0.236 e. The van der Waals surface area contributed by atoms with Crippen molar-refractivity contribution in [3.63, 3.8) is 0 Å². The number of hydrogen-bond acceptors (Lipinski definition) is 4. The lowest BCUT2D eigenvalue weighted by atomic mass is 10.1. The van der Waals surface area contributed by atoms with Gasteiger partial charge in [-0.2, -0.15) is 0 Å². The van der Waals surface area contributed by atoms with Gasteiger partial charge in [-0.05, 0) is 45.3 Å². The third-order valence-electron chi connectivity index (χ3n) is 4.89. The first-order chi connectivity index (χ1) is 11.2. The summed E-state index contributed by atoms with van der Waals surface area (Å²) in [4.78, 5) is 30.5. The summed E-state index contributed by atoms with van der Waals surface area (Å²) in [6.07, 6.45) is 7.24. The maximum Gasteiger partial charge on any atom is 0.236 e. The Kier molecular flexibility index (Phi) is 7.82. The zero-order valence-corrected chi connectivity index (χ0v) is 14.3. The van der Waals surface area contributed by atoms with Gasteiger partial charge >= 0.3 is 0 Å². The second-order valence-electron chi connectivity index (χ2n) is 6.70. The molecule has 0 unspecified atom stereocenters. The molecule has 0 atom stereocenters. The maximum atomic E-state index is 12.3. The second-order valence-corrected chi connectivity index (χ2v) is 6.70. The van der Waals surface area contributed by atoms with Gasteiger partial charge in [0.05, 0.1) is 6.54 Å². The quantitative estimate of drug-likeness (QED) is 0.666. The van der Waals surface area contributed by atoms with Crippen LogP contribution in [0.1, 0.15) is 44.9 Å². The number of carbonyl (C=O) groups is 2. The van der Waals surface area contributed by atoms with Crippen LogP contribution in [0.4, 0.5) is 0 Å². The zero-order valence-electron chi connectivity index (χ0n) is 14.3. The molecule has 0 aliphatic carbocycles. The van der Waals surface area contributed by atoms with Crippen molar-refractivity contribution in [3.05, 3.63) is 0 Å². The van der Waals surface area contributed by atoms with Crippen LogP contribution < -0.4 is 5.73 Å². The van der Waals surface area contributed by atoms with Crippen LogP contribution in [-0.4, -0.2) is 78.9 Å². The molecule has 0 aromatic heterocycles. The monoisotopic (exact) mass is 324 g/mol. The van der Waals surface area contributed by atoms with Crippen LogP contribution in [0.3, 0.4) is 0 Å². The first-order valence-corrected chi connectivity index (χ1v) is 9.18. The lowest BCUT2D eigenvalue weighted by Crippen LogP contribution is -2.52. The highest BCUT2D eigenvalue weighted by Gasteiger charge is 2.25. The Hall–Kier alpha value is -1.14.